The Hall–Kier alpha value is -2.93. The molecule has 0 spiro atoms. The van der Waals surface area contributed by atoms with Gasteiger partial charge in [0.05, 0.1) is 10.2 Å². The van der Waals surface area contributed by atoms with Crippen LogP contribution in [-0.4, -0.2) is 23.2 Å². The summed E-state index contributed by atoms with van der Waals surface area (Å²) < 4.78 is 6.61. The predicted molar refractivity (Wildman–Crippen MR) is 121 cm³/mol. The summed E-state index contributed by atoms with van der Waals surface area (Å²) in [4.78, 5) is 17.0. The third-order valence-electron chi connectivity index (χ3n) is 4.63. The Labute approximate surface area is 175 Å². The van der Waals surface area contributed by atoms with Crippen molar-refractivity contribution < 1.29 is 9.53 Å². The summed E-state index contributed by atoms with van der Waals surface area (Å²) in [6.07, 6.45) is 0.886. The minimum atomic E-state index is -0.192. The number of thiazole rings is 1. The molecule has 0 aliphatic heterocycles. The number of ether oxygens (including phenoxy) is 1. The van der Waals surface area contributed by atoms with Crippen LogP contribution in [0.25, 0.3) is 10.2 Å². The maximum atomic E-state index is 12.4. The van der Waals surface area contributed by atoms with Gasteiger partial charge in [-0.1, -0.05) is 36.0 Å². The van der Waals surface area contributed by atoms with Gasteiger partial charge < -0.3 is 10.1 Å². The molecule has 0 aliphatic carbocycles. The van der Waals surface area contributed by atoms with Crippen molar-refractivity contribution in [3.8, 4) is 5.75 Å². The molecule has 1 amide bonds. The molecule has 0 bridgehead atoms. The van der Waals surface area contributed by atoms with Crippen LogP contribution in [0.15, 0.2) is 35.4 Å². The summed E-state index contributed by atoms with van der Waals surface area (Å²) in [6, 6.07) is 9.62. The summed E-state index contributed by atoms with van der Waals surface area (Å²) in [7, 11) is 0. The second-order valence-electron chi connectivity index (χ2n) is 7.02. The number of anilines is 2. The topological polar surface area (TPSA) is 75.6 Å². The Kier molecular flexibility index (Phi) is 6.49. The average molecular weight is 411 g/mol. The van der Waals surface area contributed by atoms with E-state index in [2.05, 4.69) is 27.8 Å². The molecule has 0 saturated carbocycles. The van der Waals surface area contributed by atoms with Crippen LogP contribution in [0.3, 0.4) is 0 Å². The lowest BCUT2D eigenvalue weighted by atomic mass is 10.1. The molecule has 3 rings (SSSR count). The number of amides is 1. The number of hydrazone groups is 1. The molecular weight excluding hydrogens is 384 g/mol. The van der Waals surface area contributed by atoms with Gasteiger partial charge in [-0.2, -0.15) is 5.10 Å². The van der Waals surface area contributed by atoms with Crippen LogP contribution in [0.2, 0.25) is 0 Å². The van der Waals surface area contributed by atoms with Crippen molar-refractivity contribution in [1.82, 2.24) is 4.98 Å². The van der Waals surface area contributed by atoms with Crippen LogP contribution in [0, 0.1) is 20.8 Å². The summed E-state index contributed by atoms with van der Waals surface area (Å²) in [5, 5.41) is 8.04. The van der Waals surface area contributed by atoms with Gasteiger partial charge in [0.1, 0.15) is 5.75 Å². The number of carbonyl (C=O) groups is 1. The number of aryl methyl sites for hydroxylation is 3. The first kappa shape index (κ1) is 20.8. The van der Waals surface area contributed by atoms with Gasteiger partial charge in [-0.3, -0.25) is 10.2 Å². The van der Waals surface area contributed by atoms with Crippen molar-refractivity contribution in [2.45, 2.75) is 41.0 Å². The van der Waals surface area contributed by atoms with Crippen LogP contribution in [0.1, 0.15) is 37.0 Å². The lowest BCUT2D eigenvalue weighted by Gasteiger charge is -2.13. The van der Waals surface area contributed by atoms with Crippen LogP contribution >= 0.6 is 11.3 Å². The molecule has 0 fully saturated rings. The molecule has 2 aromatic carbocycles. The highest BCUT2D eigenvalue weighted by atomic mass is 32.1. The maximum Gasteiger partial charge on any atom is 0.262 e. The van der Waals surface area contributed by atoms with E-state index in [9.17, 15) is 4.79 Å². The van der Waals surface area contributed by atoms with Crippen LogP contribution in [-0.2, 0) is 4.79 Å². The Morgan fingerprint density at radius 3 is 2.62 bits per heavy atom. The molecule has 6 nitrogen and oxygen atoms in total. The van der Waals surface area contributed by atoms with Crippen molar-refractivity contribution in [1.29, 1.82) is 0 Å². The third-order valence-corrected chi connectivity index (χ3v) is 5.72. The van der Waals surface area contributed by atoms with Crippen molar-refractivity contribution >= 4 is 44.0 Å². The van der Waals surface area contributed by atoms with Gasteiger partial charge in [0, 0.05) is 11.4 Å². The summed E-state index contributed by atoms with van der Waals surface area (Å²) in [5.74, 6) is 0.484. The van der Waals surface area contributed by atoms with E-state index in [1.54, 1.807) is 0 Å². The van der Waals surface area contributed by atoms with E-state index in [0.717, 1.165) is 49.9 Å². The number of benzene rings is 2. The first-order valence-electron chi connectivity index (χ1n) is 9.56. The van der Waals surface area contributed by atoms with E-state index in [1.165, 1.54) is 11.3 Å². The van der Waals surface area contributed by atoms with Crippen molar-refractivity contribution in [3.05, 3.63) is 47.0 Å². The van der Waals surface area contributed by atoms with Crippen LogP contribution < -0.4 is 15.5 Å². The molecule has 152 valence electrons. The Morgan fingerprint density at radius 1 is 1.21 bits per heavy atom. The zero-order valence-corrected chi connectivity index (χ0v) is 18.2. The number of hydrogen-bond acceptors (Lipinski definition) is 6. The second-order valence-corrected chi connectivity index (χ2v) is 8.02. The fourth-order valence-electron chi connectivity index (χ4n) is 2.81. The van der Waals surface area contributed by atoms with E-state index >= 15 is 0 Å². The Balaban J connectivity index is 1.74. The highest BCUT2D eigenvalue weighted by Gasteiger charge is 2.15. The molecule has 2 N–H and O–H groups in total. The number of nitrogens with zero attached hydrogens (tertiary/aromatic N) is 2. The highest BCUT2D eigenvalue weighted by molar-refractivity contribution is 7.22. The van der Waals surface area contributed by atoms with Gasteiger partial charge >= 0.3 is 0 Å². The highest BCUT2D eigenvalue weighted by Crippen LogP contribution is 2.35. The molecule has 0 atom stereocenters. The van der Waals surface area contributed by atoms with E-state index in [-0.39, 0.29) is 12.5 Å². The largest absolute Gasteiger partial charge is 0.484 e. The van der Waals surface area contributed by atoms with Gasteiger partial charge in [0.15, 0.2) is 6.61 Å². The molecule has 0 saturated heterocycles. The number of hydrogen-bond donors (Lipinski definition) is 2. The van der Waals surface area contributed by atoms with Gasteiger partial charge in [0.25, 0.3) is 5.91 Å². The van der Waals surface area contributed by atoms with Gasteiger partial charge in [-0.05, 0) is 63.4 Å². The van der Waals surface area contributed by atoms with E-state index in [1.807, 2.05) is 58.0 Å². The van der Waals surface area contributed by atoms with Gasteiger partial charge in [-0.25, -0.2) is 4.98 Å². The fourth-order valence-corrected chi connectivity index (χ4v) is 3.70. The summed E-state index contributed by atoms with van der Waals surface area (Å²) >= 11 is 1.53. The number of aromatic nitrogens is 1. The molecule has 0 unspecified atom stereocenters. The number of rotatable bonds is 7. The lowest BCUT2D eigenvalue weighted by Crippen LogP contribution is -2.21. The molecule has 0 radical (unpaired) electrons. The fraction of sp³-hybridized carbons (Fsp3) is 0.318. The first-order chi connectivity index (χ1) is 13.9. The molecule has 3 aromatic rings. The monoisotopic (exact) mass is 410 g/mol. The lowest BCUT2D eigenvalue weighted by molar-refractivity contribution is -0.118. The average Bonchev–Trinajstić information content (AvgIpc) is 3.11. The minimum Gasteiger partial charge on any atom is -0.484 e. The smallest absolute Gasteiger partial charge is 0.262 e. The van der Waals surface area contributed by atoms with E-state index in [4.69, 9.17) is 4.74 Å². The molecule has 1 aromatic heterocycles. The molecule has 7 heteroatoms. The Bertz CT molecular complexity index is 1050. The molecule has 29 heavy (non-hydrogen) atoms. The summed E-state index contributed by atoms with van der Waals surface area (Å²) in [6.45, 7) is 9.96. The van der Waals surface area contributed by atoms with Crippen molar-refractivity contribution in [3.63, 3.8) is 0 Å². The Morgan fingerprint density at radius 2 is 1.93 bits per heavy atom. The predicted octanol–water partition coefficient (Wildman–Crippen LogP) is 5.44. The maximum absolute atomic E-state index is 12.4. The SMILES string of the molecule is CC/C(C)=N\Nc1nc2cc(C)c(NC(=O)COc3ccc(C)cc3)c(C)c2s1. The molecule has 1 heterocycles. The van der Waals surface area contributed by atoms with E-state index in [0.29, 0.717) is 5.75 Å². The quantitative estimate of drug-likeness (QED) is 0.402. The van der Waals surface area contributed by atoms with Gasteiger partial charge in [-0.15, -0.1) is 0 Å². The normalized spacial score (nSPS) is 11.6. The number of nitrogens with one attached hydrogen (secondary N) is 2. The zero-order valence-electron chi connectivity index (χ0n) is 17.4. The van der Waals surface area contributed by atoms with Crippen LogP contribution in [0.4, 0.5) is 10.8 Å². The number of fused-ring (bicyclic) bond motifs is 1. The van der Waals surface area contributed by atoms with Crippen LogP contribution in [0.5, 0.6) is 5.75 Å². The first-order valence-corrected chi connectivity index (χ1v) is 10.4. The molecule has 0 aliphatic rings. The standard InChI is InChI=1S/C22H26N4O2S/c1-6-15(4)25-26-22-23-18-11-14(3)20(16(5)21(18)29-22)24-19(27)12-28-17-9-7-13(2)8-10-17/h7-11H,6,12H2,1-5H3,(H,23,26)(H,24,27)/b25-15-. The molecular formula is C22H26N4O2S. The third kappa shape index (κ3) is 5.12. The number of carbonyl (C=O) groups excluding carboxylic acids is 1. The van der Waals surface area contributed by atoms with Crippen molar-refractivity contribution in [2.24, 2.45) is 5.10 Å². The summed E-state index contributed by atoms with van der Waals surface area (Å²) in [5.41, 5.74) is 8.83. The zero-order chi connectivity index (χ0) is 21.0. The second kappa shape index (κ2) is 9.05. The van der Waals surface area contributed by atoms with Crippen molar-refractivity contribution in [2.75, 3.05) is 17.3 Å². The minimum absolute atomic E-state index is 0.0412. The van der Waals surface area contributed by atoms with Gasteiger partial charge in [0.2, 0.25) is 5.13 Å². The van der Waals surface area contributed by atoms with E-state index < -0.39 is 0 Å².